The Morgan fingerprint density at radius 1 is 1.26 bits per heavy atom. The Hall–Kier alpha value is -2.83. The molecule has 5 nitrogen and oxygen atoms in total. The van der Waals surface area contributed by atoms with Gasteiger partial charge in [0.15, 0.2) is 16.5 Å². The molecule has 0 aliphatic carbocycles. The maximum Gasteiger partial charge on any atom is 0.274 e. The minimum atomic E-state index is -0.149. The molecule has 0 saturated heterocycles. The van der Waals surface area contributed by atoms with Crippen molar-refractivity contribution in [2.75, 3.05) is 7.11 Å². The molecule has 0 fully saturated rings. The van der Waals surface area contributed by atoms with E-state index < -0.39 is 0 Å². The molecule has 0 radical (unpaired) electrons. The van der Waals surface area contributed by atoms with Crippen LogP contribution in [0.15, 0.2) is 47.4 Å². The summed E-state index contributed by atoms with van der Waals surface area (Å²) in [6.07, 6.45) is 3.46. The van der Waals surface area contributed by atoms with Gasteiger partial charge in [-0.25, -0.2) is 4.98 Å². The van der Waals surface area contributed by atoms with Crippen molar-refractivity contribution >= 4 is 34.0 Å². The van der Waals surface area contributed by atoms with Crippen molar-refractivity contribution in [1.82, 2.24) is 9.38 Å². The van der Waals surface area contributed by atoms with Crippen molar-refractivity contribution in [2.45, 2.75) is 6.92 Å². The van der Waals surface area contributed by atoms with Crippen LogP contribution in [0.5, 0.6) is 11.5 Å². The topological polar surface area (TPSA) is 63.8 Å². The predicted octanol–water partition coefficient (Wildman–Crippen LogP) is 3.65. The number of aryl methyl sites for hydroxylation is 1. The molecule has 0 spiro atoms. The number of fused-ring (bicyclic) bond motifs is 1. The zero-order valence-corrected chi connectivity index (χ0v) is 16.1. The lowest BCUT2D eigenvalue weighted by molar-refractivity contribution is 0.373. The van der Waals surface area contributed by atoms with E-state index in [0.717, 1.165) is 11.3 Å². The van der Waals surface area contributed by atoms with E-state index in [1.165, 1.54) is 24.0 Å². The summed E-state index contributed by atoms with van der Waals surface area (Å²) in [5, 5.41) is 10.00. The van der Waals surface area contributed by atoms with Crippen molar-refractivity contribution in [3.8, 4) is 22.8 Å². The Labute approximate surface area is 163 Å². The van der Waals surface area contributed by atoms with E-state index in [0.29, 0.717) is 15.1 Å². The molecule has 2 aromatic carbocycles. The highest BCUT2D eigenvalue weighted by Crippen LogP contribution is 2.35. The summed E-state index contributed by atoms with van der Waals surface area (Å²) in [6.45, 7) is 2.03. The first-order chi connectivity index (χ1) is 13.0. The number of phenolic OH excluding ortho intramolecular Hbond substituents is 1. The summed E-state index contributed by atoms with van der Waals surface area (Å²) in [4.78, 5) is 17.9. The summed E-state index contributed by atoms with van der Waals surface area (Å²) in [7, 11) is 1.44. The maximum atomic E-state index is 12.7. The number of thiazole rings is 1. The summed E-state index contributed by atoms with van der Waals surface area (Å²) in [5.41, 5.74) is 3.42. The number of halogens is 1. The van der Waals surface area contributed by atoms with Gasteiger partial charge in [-0.05, 0) is 30.7 Å². The summed E-state index contributed by atoms with van der Waals surface area (Å²) in [5.74, 6) is 0.131. The van der Waals surface area contributed by atoms with Gasteiger partial charge in [0.2, 0.25) is 0 Å². The number of methoxy groups -OCH3 is 1. The molecule has 2 heterocycles. The van der Waals surface area contributed by atoms with Gasteiger partial charge in [-0.1, -0.05) is 52.8 Å². The molecular weight excluding hydrogens is 384 g/mol. The van der Waals surface area contributed by atoms with Gasteiger partial charge in [-0.2, -0.15) is 0 Å². The molecule has 0 atom stereocenters. The highest BCUT2D eigenvalue weighted by atomic mass is 35.5. The molecule has 0 bridgehead atoms. The number of benzene rings is 2. The van der Waals surface area contributed by atoms with Gasteiger partial charge in [0.25, 0.3) is 5.56 Å². The monoisotopic (exact) mass is 398 g/mol. The molecule has 4 aromatic rings. The van der Waals surface area contributed by atoms with Gasteiger partial charge in [0, 0.05) is 11.8 Å². The van der Waals surface area contributed by atoms with Crippen LogP contribution in [0.4, 0.5) is 0 Å². The second-order valence-corrected chi connectivity index (χ2v) is 7.53. The zero-order valence-electron chi connectivity index (χ0n) is 14.6. The van der Waals surface area contributed by atoms with E-state index in [1.807, 2.05) is 31.2 Å². The van der Waals surface area contributed by atoms with Crippen molar-refractivity contribution in [3.63, 3.8) is 0 Å². The minimum absolute atomic E-state index is 0.123. The van der Waals surface area contributed by atoms with Crippen LogP contribution in [0.1, 0.15) is 11.1 Å². The molecule has 4 rings (SSSR count). The van der Waals surface area contributed by atoms with Crippen molar-refractivity contribution in [1.29, 1.82) is 0 Å². The fraction of sp³-hybridized carbons (Fsp3) is 0.100. The highest BCUT2D eigenvalue weighted by Gasteiger charge is 2.12. The number of rotatable bonds is 3. The number of ether oxygens (including phenoxy) is 1. The molecule has 0 aliphatic rings. The number of aromatic nitrogens is 2. The van der Waals surface area contributed by atoms with E-state index >= 15 is 0 Å². The Morgan fingerprint density at radius 2 is 2.00 bits per heavy atom. The van der Waals surface area contributed by atoms with E-state index in [9.17, 15) is 9.90 Å². The Kier molecular flexibility index (Phi) is 4.37. The van der Waals surface area contributed by atoms with Crippen LogP contribution in [0.25, 0.3) is 22.3 Å². The molecule has 0 aliphatic heterocycles. The lowest BCUT2D eigenvalue weighted by atomic mass is 10.1. The normalized spacial score (nSPS) is 12.0. The molecule has 136 valence electrons. The molecule has 2 aromatic heterocycles. The van der Waals surface area contributed by atoms with Crippen LogP contribution in [0.3, 0.4) is 0 Å². The van der Waals surface area contributed by atoms with Gasteiger partial charge in [0.05, 0.1) is 22.4 Å². The Bertz CT molecular complexity index is 1260. The maximum absolute atomic E-state index is 12.7. The van der Waals surface area contributed by atoms with Gasteiger partial charge in [0.1, 0.15) is 0 Å². The number of imidazole rings is 1. The number of nitrogens with zero attached hydrogens (tertiary/aromatic N) is 2. The average molecular weight is 399 g/mol. The minimum Gasteiger partial charge on any atom is -0.503 e. The van der Waals surface area contributed by atoms with Crippen LogP contribution in [-0.2, 0) is 0 Å². The van der Waals surface area contributed by atoms with Crippen LogP contribution in [0, 0.1) is 6.92 Å². The number of hydrogen-bond acceptors (Lipinski definition) is 5. The molecule has 7 heteroatoms. The highest BCUT2D eigenvalue weighted by molar-refractivity contribution is 7.15. The third-order valence-electron chi connectivity index (χ3n) is 4.22. The average Bonchev–Trinajstić information content (AvgIpc) is 3.18. The van der Waals surface area contributed by atoms with Gasteiger partial charge in [-0.15, -0.1) is 0 Å². The van der Waals surface area contributed by atoms with Crippen molar-refractivity contribution in [3.05, 3.63) is 73.6 Å². The van der Waals surface area contributed by atoms with Gasteiger partial charge < -0.3 is 9.84 Å². The summed E-state index contributed by atoms with van der Waals surface area (Å²) < 4.78 is 7.18. The van der Waals surface area contributed by atoms with Crippen LogP contribution in [0.2, 0.25) is 5.02 Å². The van der Waals surface area contributed by atoms with Crippen LogP contribution >= 0.6 is 22.9 Å². The standard InChI is InChI=1S/C20H15ClN2O3S/c1-11-3-5-13(6-4-11)15-10-23-19(25)17(27-20(23)22-15)9-12-7-14(21)18(24)16(8-12)26-2/h3-10,24H,1-2H3/b17-9-. The summed E-state index contributed by atoms with van der Waals surface area (Å²) >= 11 is 7.32. The smallest absolute Gasteiger partial charge is 0.274 e. The largest absolute Gasteiger partial charge is 0.503 e. The zero-order chi connectivity index (χ0) is 19.1. The van der Waals surface area contributed by atoms with E-state index in [2.05, 4.69) is 4.98 Å². The first kappa shape index (κ1) is 17.6. The quantitative estimate of drug-likeness (QED) is 0.572. The van der Waals surface area contributed by atoms with E-state index in [-0.39, 0.29) is 22.1 Å². The SMILES string of the molecule is COc1cc(/C=c2\sc3nc(-c4ccc(C)cc4)cn3c2=O)cc(Cl)c1O. The van der Waals surface area contributed by atoms with Crippen molar-refractivity contribution in [2.24, 2.45) is 0 Å². The molecular formula is C20H15ClN2O3S. The van der Waals surface area contributed by atoms with E-state index in [4.69, 9.17) is 16.3 Å². The van der Waals surface area contributed by atoms with Crippen LogP contribution < -0.4 is 14.8 Å². The molecule has 0 amide bonds. The second kappa shape index (κ2) is 6.72. The number of phenols is 1. The predicted molar refractivity (Wildman–Crippen MR) is 108 cm³/mol. The molecule has 27 heavy (non-hydrogen) atoms. The third-order valence-corrected chi connectivity index (χ3v) is 5.49. The summed E-state index contributed by atoms with van der Waals surface area (Å²) in [6, 6.07) is 11.2. The van der Waals surface area contributed by atoms with Crippen LogP contribution in [-0.4, -0.2) is 21.6 Å². The lowest BCUT2D eigenvalue weighted by Crippen LogP contribution is -2.22. The Morgan fingerprint density at radius 3 is 2.67 bits per heavy atom. The fourth-order valence-corrected chi connectivity index (χ4v) is 3.95. The molecule has 0 unspecified atom stereocenters. The first-order valence-corrected chi connectivity index (χ1v) is 9.33. The van der Waals surface area contributed by atoms with Gasteiger partial charge >= 0.3 is 0 Å². The van der Waals surface area contributed by atoms with Crippen molar-refractivity contribution < 1.29 is 9.84 Å². The first-order valence-electron chi connectivity index (χ1n) is 8.13. The van der Waals surface area contributed by atoms with E-state index in [1.54, 1.807) is 28.8 Å². The second-order valence-electron chi connectivity index (χ2n) is 6.11. The molecule has 0 saturated carbocycles. The third kappa shape index (κ3) is 3.18. The number of aromatic hydroxyl groups is 1. The molecule has 1 N–H and O–H groups in total. The fourth-order valence-electron chi connectivity index (χ4n) is 2.78. The Balaban J connectivity index is 1.80. The van der Waals surface area contributed by atoms with Gasteiger partial charge in [-0.3, -0.25) is 9.20 Å². The number of hydrogen-bond donors (Lipinski definition) is 1. The lowest BCUT2D eigenvalue weighted by Gasteiger charge is -2.05.